The van der Waals surface area contributed by atoms with E-state index in [0.717, 1.165) is 33.3 Å². The molecular formula is C25H18Cl2N2O2S. The van der Waals surface area contributed by atoms with Gasteiger partial charge in [-0.05, 0) is 67.4 Å². The van der Waals surface area contributed by atoms with Gasteiger partial charge in [-0.15, -0.1) is 0 Å². The highest BCUT2D eigenvalue weighted by molar-refractivity contribution is 7.15. The maximum atomic E-state index is 13.2. The van der Waals surface area contributed by atoms with Gasteiger partial charge in [0.2, 0.25) is 0 Å². The highest BCUT2D eigenvalue weighted by Gasteiger charge is 2.13. The van der Waals surface area contributed by atoms with Gasteiger partial charge in [-0.1, -0.05) is 52.7 Å². The van der Waals surface area contributed by atoms with E-state index in [0.29, 0.717) is 31.9 Å². The number of halogens is 2. The maximum Gasteiger partial charge on any atom is 0.274 e. The molecule has 4 nitrogen and oxygen atoms in total. The molecule has 2 heterocycles. The van der Waals surface area contributed by atoms with Crippen molar-refractivity contribution in [1.29, 1.82) is 0 Å². The van der Waals surface area contributed by atoms with Crippen molar-refractivity contribution in [2.75, 3.05) is 0 Å². The summed E-state index contributed by atoms with van der Waals surface area (Å²) in [7, 11) is 0. The lowest BCUT2D eigenvalue weighted by Gasteiger charge is -2.10. The summed E-state index contributed by atoms with van der Waals surface area (Å²) in [5.74, 6) is 0.621. The van der Waals surface area contributed by atoms with Crippen molar-refractivity contribution in [2.45, 2.75) is 20.5 Å². The third-order valence-electron chi connectivity index (χ3n) is 5.45. The number of ether oxygens (including phenoxy) is 1. The SMILES string of the molecule is Cc1cc2nc3s/c(=C/c4cc(Cl)ccc4OCc4ccccc4Cl)c(=O)n3c2cc1C. The second-order valence-electron chi connectivity index (χ2n) is 7.63. The lowest BCUT2D eigenvalue weighted by molar-refractivity contribution is 0.305. The van der Waals surface area contributed by atoms with E-state index >= 15 is 0 Å². The largest absolute Gasteiger partial charge is 0.488 e. The molecule has 0 radical (unpaired) electrons. The molecule has 0 unspecified atom stereocenters. The molecule has 0 spiro atoms. The van der Waals surface area contributed by atoms with Gasteiger partial charge in [-0.3, -0.25) is 4.79 Å². The first-order valence-corrected chi connectivity index (χ1v) is 11.6. The Balaban J connectivity index is 1.59. The first kappa shape index (κ1) is 21.0. The van der Waals surface area contributed by atoms with Crippen LogP contribution in [0.5, 0.6) is 5.75 Å². The van der Waals surface area contributed by atoms with Crippen molar-refractivity contribution in [3.63, 3.8) is 0 Å². The lowest BCUT2D eigenvalue weighted by atomic mass is 10.1. The number of rotatable bonds is 4. The molecule has 0 aliphatic rings. The zero-order valence-electron chi connectivity index (χ0n) is 17.4. The number of imidazole rings is 1. The number of thiazole rings is 1. The molecule has 0 amide bonds. The number of aromatic nitrogens is 2. The number of fused-ring (bicyclic) bond motifs is 3. The number of nitrogens with zero attached hydrogens (tertiary/aromatic N) is 2. The normalized spacial score (nSPS) is 12.2. The van der Waals surface area contributed by atoms with E-state index in [1.54, 1.807) is 22.6 Å². The fraction of sp³-hybridized carbons (Fsp3) is 0.120. The summed E-state index contributed by atoms with van der Waals surface area (Å²) in [6.07, 6.45) is 1.81. The zero-order valence-corrected chi connectivity index (χ0v) is 19.7. The summed E-state index contributed by atoms with van der Waals surface area (Å²) in [5.41, 5.74) is 5.43. The molecule has 0 fully saturated rings. The Hall–Kier alpha value is -2.86. The van der Waals surface area contributed by atoms with Crippen LogP contribution >= 0.6 is 34.5 Å². The summed E-state index contributed by atoms with van der Waals surface area (Å²) in [4.78, 5) is 18.6. The molecule has 0 aliphatic carbocycles. The van der Waals surface area contributed by atoms with Gasteiger partial charge >= 0.3 is 0 Å². The third-order valence-corrected chi connectivity index (χ3v) is 7.03. The Morgan fingerprint density at radius 1 is 1.06 bits per heavy atom. The van der Waals surface area contributed by atoms with E-state index in [1.807, 2.05) is 56.3 Å². The van der Waals surface area contributed by atoms with Crippen LogP contribution in [0.1, 0.15) is 22.3 Å². The quantitative estimate of drug-likeness (QED) is 0.318. The second kappa shape index (κ2) is 8.24. The molecule has 2 aromatic heterocycles. The number of aryl methyl sites for hydroxylation is 2. The van der Waals surface area contributed by atoms with Gasteiger partial charge in [0.1, 0.15) is 12.4 Å². The maximum absolute atomic E-state index is 13.2. The fourth-order valence-corrected chi connectivity index (χ4v) is 4.94. The average molecular weight is 481 g/mol. The average Bonchev–Trinajstić information content (AvgIpc) is 3.25. The van der Waals surface area contributed by atoms with Crippen LogP contribution in [0, 0.1) is 13.8 Å². The van der Waals surface area contributed by atoms with Crippen LogP contribution in [0.15, 0.2) is 59.4 Å². The van der Waals surface area contributed by atoms with Crippen molar-refractivity contribution >= 4 is 56.6 Å². The minimum absolute atomic E-state index is 0.104. The molecular weight excluding hydrogens is 463 g/mol. The monoisotopic (exact) mass is 480 g/mol. The molecule has 0 bridgehead atoms. The minimum Gasteiger partial charge on any atom is -0.488 e. The molecule has 0 saturated carbocycles. The van der Waals surface area contributed by atoms with Gasteiger partial charge in [0, 0.05) is 21.2 Å². The summed E-state index contributed by atoms with van der Waals surface area (Å²) >= 11 is 13.8. The molecule has 5 rings (SSSR count). The third kappa shape index (κ3) is 3.77. The van der Waals surface area contributed by atoms with Crippen molar-refractivity contribution in [3.8, 4) is 5.75 Å². The number of hydrogen-bond donors (Lipinski definition) is 0. The molecule has 160 valence electrons. The summed E-state index contributed by atoms with van der Waals surface area (Å²) in [6.45, 7) is 4.39. The lowest BCUT2D eigenvalue weighted by Crippen LogP contribution is -2.22. The highest BCUT2D eigenvalue weighted by Crippen LogP contribution is 2.26. The van der Waals surface area contributed by atoms with Crippen LogP contribution in [0.25, 0.3) is 22.1 Å². The molecule has 0 saturated heterocycles. The van der Waals surface area contributed by atoms with E-state index in [9.17, 15) is 4.79 Å². The minimum atomic E-state index is -0.104. The van der Waals surface area contributed by atoms with Gasteiger partial charge in [-0.2, -0.15) is 0 Å². The van der Waals surface area contributed by atoms with Crippen LogP contribution in [-0.4, -0.2) is 9.38 Å². The Bertz CT molecular complexity index is 1600. The molecule has 0 N–H and O–H groups in total. The van der Waals surface area contributed by atoms with Crippen molar-refractivity contribution < 1.29 is 4.74 Å². The van der Waals surface area contributed by atoms with E-state index in [1.165, 1.54) is 11.3 Å². The molecule has 7 heteroatoms. The van der Waals surface area contributed by atoms with Gasteiger partial charge in [0.25, 0.3) is 5.56 Å². The van der Waals surface area contributed by atoms with Crippen molar-refractivity contribution in [2.24, 2.45) is 0 Å². The first-order valence-electron chi connectivity index (χ1n) is 10.0. The standard InChI is InChI=1S/C25H18Cl2N2O2S/c1-14-9-20-21(10-15(14)2)29-24(30)23(32-25(29)28-20)12-17-11-18(26)7-8-22(17)31-13-16-5-3-4-6-19(16)27/h3-12H,13H2,1-2H3/b23-12+. The van der Waals surface area contributed by atoms with Crippen molar-refractivity contribution in [3.05, 3.63) is 102 Å². The summed E-state index contributed by atoms with van der Waals surface area (Å²) in [5, 5.41) is 1.21. The van der Waals surface area contributed by atoms with Gasteiger partial charge in [0.05, 0.1) is 15.6 Å². The van der Waals surface area contributed by atoms with Crippen LogP contribution in [0.4, 0.5) is 0 Å². The molecule has 5 aromatic rings. The number of hydrogen-bond acceptors (Lipinski definition) is 4. The highest BCUT2D eigenvalue weighted by atomic mass is 35.5. The van der Waals surface area contributed by atoms with E-state index in [-0.39, 0.29) is 5.56 Å². The fourth-order valence-electron chi connectivity index (χ4n) is 3.59. The zero-order chi connectivity index (χ0) is 22.4. The first-order chi connectivity index (χ1) is 15.4. The van der Waals surface area contributed by atoms with Gasteiger partial charge in [-0.25, -0.2) is 9.38 Å². The van der Waals surface area contributed by atoms with Gasteiger partial charge < -0.3 is 4.74 Å². The molecule has 32 heavy (non-hydrogen) atoms. The number of benzene rings is 3. The Morgan fingerprint density at radius 2 is 1.84 bits per heavy atom. The molecule has 3 aromatic carbocycles. The Labute approximate surface area is 198 Å². The topological polar surface area (TPSA) is 43.6 Å². The molecule has 0 atom stereocenters. The van der Waals surface area contributed by atoms with E-state index in [4.69, 9.17) is 27.9 Å². The Kier molecular flexibility index (Phi) is 5.41. The second-order valence-corrected chi connectivity index (χ2v) is 9.49. The Morgan fingerprint density at radius 3 is 2.66 bits per heavy atom. The summed E-state index contributed by atoms with van der Waals surface area (Å²) < 4.78 is 8.27. The van der Waals surface area contributed by atoms with E-state index < -0.39 is 0 Å². The van der Waals surface area contributed by atoms with E-state index in [2.05, 4.69) is 4.98 Å². The van der Waals surface area contributed by atoms with Crippen LogP contribution in [0.3, 0.4) is 0 Å². The van der Waals surface area contributed by atoms with Gasteiger partial charge in [0.15, 0.2) is 4.96 Å². The predicted octanol–water partition coefficient (Wildman–Crippen LogP) is 5.96. The smallest absolute Gasteiger partial charge is 0.274 e. The van der Waals surface area contributed by atoms with Crippen LogP contribution in [0.2, 0.25) is 10.0 Å². The molecule has 0 aliphatic heterocycles. The predicted molar refractivity (Wildman–Crippen MR) is 132 cm³/mol. The summed E-state index contributed by atoms with van der Waals surface area (Å²) in [6, 6.07) is 16.9. The van der Waals surface area contributed by atoms with Crippen molar-refractivity contribution in [1.82, 2.24) is 9.38 Å². The van der Waals surface area contributed by atoms with Crippen LogP contribution < -0.4 is 14.8 Å². The van der Waals surface area contributed by atoms with Crippen LogP contribution in [-0.2, 0) is 6.61 Å².